The molecular weight excluding hydrogens is 587 g/mol. The van der Waals surface area contributed by atoms with E-state index in [0.29, 0.717) is 23.4 Å². The number of rotatable bonds is 2. The highest BCUT2D eigenvalue weighted by Gasteiger charge is 2.38. The molecule has 13 rings (SSSR count). The fourth-order valence-corrected chi connectivity index (χ4v) is 10.8. The number of aromatic nitrogens is 1. The molecule has 4 bridgehead atoms. The van der Waals surface area contributed by atoms with Gasteiger partial charge in [0.25, 0.3) is 0 Å². The minimum atomic E-state index is 0.140. The lowest BCUT2D eigenvalue weighted by atomic mass is 9.81. The maximum absolute atomic E-state index is 14.1. The van der Waals surface area contributed by atoms with Crippen molar-refractivity contribution in [2.24, 2.45) is 11.8 Å². The van der Waals surface area contributed by atoms with Gasteiger partial charge in [-0.05, 0) is 133 Å². The molecule has 2 aromatic heterocycles. The molecule has 5 aromatic carbocycles. The summed E-state index contributed by atoms with van der Waals surface area (Å²) in [6.07, 6.45) is 8.40. The van der Waals surface area contributed by atoms with Crippen molar-refractivity contribution < 1.29 is 9.59 Å². The molecule has 6 aliphatic rings. The Morgan fingerprint density at radius 2 is 0.917 bits per heavy atom. The third-order valence-corrected chi connectivity index (χ3v) is 13.0. The van der Waals surface area contributed by atoms with E-state index in [1.54, 1.807) is 0 Å². The molecule has 2 fully saturated rings. The van der Waals surface area contributed by atoms with Crippen LogP contribution >= 0.6 is 0 Å². The van der Waals surface area contributed by atoms with Gasteiger partial charge < -0.3 is 4.40 Å². The normalized spacial score (nSPS) is 23.4. The smallest absolute Gasteiger partial charge is 0.166 e. The van der Waals surface area contributed by atoms with Gasteiger partial charge in [0.2, 0.25) is 0 Å². The van der Waals surface area contributed by atoms with Crippen LogP contribution in [0.2, 0.25) is 0 Å². The summed E-state index contributed by atoms with van der Waals surface area (Å²) < 4.78 is 2.45. The Kier molecular flexibility index (Phi) is 5.48. The standard InChI is InChI=1S/C45H37NO2/c1-24-39(27-8-4-2-5-9-27)41-35-20-31-25-12-16-29(17-13-25)44(47)33(31)22-37(35)46-38-23-34-32(26-14-18-30(19-15-26)45(34)48)21-36(38)42(43(41)46)40(24)28-10-6-3-7-11-28/h2-11,20-23,25-26,29-30H,12-19H2,1H3. The second kappa shape index (κ2) is 9.66. The molecule has 7 aromatic rings. The number of hydrogen-bond acceptors (Lipinski definition) is 2. The van der Waals surface area contributed by atoms with Crippen LogP contribution in [0.1, 0.15) is 101 Å². The van der Waals surface area contributed by atoms with Gasteiger partial charge >= 0.3 is 0 Å². The van der Waals surface area contributed by atoms with Gasteiger partial charge in [0.05, 0.1) is 16.6 Å². The molecule has 0 aliphatic heterocycles. The molecule has 6 aliphatic carbocycles. The van der Waals surface area contributed by atoms with E-state index in [-0.39, 0.29) is 11.8 Å². The fourth-order valence-electron chi connectivity index (χ4n) is 10.8. The molecule has 2 saturated carbocycles. The number of Topliss-reactive ketones (excluding diaryl/α,β-unsaturated/α-hetero) is 2. The predicted molar refractivity (Wildman–Crippen MR) is 195 cm³/mol. The minimum absolute atomic E-state index is 0.140. The zero-order valence-corrected chi connectivity index (χ0v) is 27.3. The molecule has 3 nitrogen and oxygen atoms in total. The Labute approximate surface area is 279 Å². The molecule has 0 spiro atoms. The molecule has 0 atom stereocenters. The summed E-state index contributed by atoms with van der Waals surface area (Å²) in [4.78, 5) is 28.2. The molecule has 0 saturated heterocycles. The Bertz CT molecular complexity index is 2330. The summed E-state index contributed by atoms with van der Waals surface area (Å²) in [5.41, 5.74) is 14.0. The lowest BCUT2D eigenvalue weighted by molar-refractivity contribution is 0.0891. The fraction of sp³-hybridized carbons (Fsp3) is 0.289. The van der Waals surface area contributed by atoms with Crippen LogP contribution in [0.5, 0.6) is 0 Å². The largest absolute Gasteiger partial charge is 0.308 e. The molecule has 0 amide bonds. The van der Waals surface area contributed by atoms with Crippen molar-refractivity contribution in [3.05, 3.63) is 113 Å². The van der Waals surface area contributed by atoms with Gasteiger partial charge in [-0.2, -0.15) is 0 Å². The maximum atomic E-state index is 14.1. The molecule has 0 unspecified atom stereocenters. The van der Waals surface area contributed by atoms with E-state index < -0.39 is 0 Å². The van der Waals surface area contributed by atoms with E-state index in [0.717, 1.165) is 73.5 Å². The molecule has 234 valence electrons. The molecular formula is C45H37NO2. The summed E-state index contributed by atoms with van der Waals surface area (Å²) in [7, 11) is 0. The first-order valence-corrected chi connectivity index (χ1v) is 18.1. The van der Waals surface area contributed by atoms with Gasteiger partial charge in [-0.25, -0.2) is 0 Å². The van der Waals surface area contributed by atoms with Crippen LogP contribution < -0.4 is 0 Å². The Balaban J connectivity index is 1.39. The number of benzene rings is 5. The second-order valence-corrected chi connectivity index (χ2v) is 15.3. The van der Waals surface area contributed by atoms with Crippen LogP contribution in [0.15, 0.2) is 84.9 Å². The summed E-state index contributed by atoms with van der Waals surface area (Å²) in [6, 6.07) is 31.1. The van der Waals surface area contributed by atoms with Crippen molar-refractivity contribution in [2.45, 2.75) is 70.1 Å². The van der Waals surface area contributed by atoms with E-state index in [2.05, 4.69) is 96.3 Å². The Morgan fingerprint density at radius 1 is 0.521 bits per heavy atom. The topological polar surface area (TPSA) is 38.5 Å². The number of fused-ring (bicyclic) bond motifs is 10. The average Bonchev–Trinajstić information content (AvgIpc) is 3.44. The van der Waals surface area contributed by atoms with Crippen LogP contribution in [-0.4, -0.2) is 16.0 Å². The lowest BCUT2D eigenvalue weighted by Crippen LogP contribution is -2.15. The Morgan fingerprint density at radius 3 is 1.33 bits per heavy atom. The molecule has 0 radical (unpaired) electrons. The molecule has 3 heteroatoms. The van der Waals surface area contributed by atoms with Gasteiger partial charge in [-0.1, -0.05) is 60.7 Å². The quantitative estimate of drug-likeness (QED) is 0.192. The third-order valence-electron chi connectivity index (χ3n) is 13.0. The first-order chi connectivity index (χ1) is 23.6. The van der Waals surface area contributed by atoms with E-state index in [9.17, 15) is 9.59 Å². The predicted octanol–water partition coefficient (Wildman–Crippen LogP) is 11.4. The summed E-state index contributed by atoms with van der Waals surface area (Å²) >= 11 is 0. The summed E-state index contributed by atoms with van der Waals surface area (Å²) in [6.45, 7) is 2.31. The van der Waals surface area contributed by atoms with E-state index in [1.807, 2.05) is 0 Å². The van der Waals surface area contributed by atoms with Crippen LogP contribution in [0.4, 0.5) is 0 Å². The average molecular weight is 624 g/mol. The Hall–Kier alpha value is -4.76. The van der Waals surface area contributed by atoms with Crippen LogP contribution in [0, 0.1) is 18.8 Å². The lowest BCUT2D eigenvalue weighted by Gasteiger charge is -2.22. The second-order valence-electron chi connectivity index (χ2n) is 15.3. The maximum Gasteiger partial charge on any atom is 0.166 e. The first-order valence-electron chi connectivity index (χ1n) is 18.1. The molecule has 48 heavy (non-hydrogen) atoms. The van der Waals surface area contributed by atoms with Gasteiger partial charge in [-0.15, -0.1) is 0 Å². The SMILES string of the molecule is Cc1c(-c2ccccc2)c2c3cc4c(cc3n3c5cc6c(cc5c(c1-c1ccccc1)c23)C1CCC(CC1)C6=O)C(=O)C1CCC4CC1. The number of carbonyl (C=O) groups excluding carboxylic acids is 2. The van der Waals surface area contributed by atoms with Crippen LogP contribution in [0.3, 0.4) is 0 Å². The number of carbonyl (C=O) groups is 2. The van der Waals surface area contributed by atoms with Crippen molar-refractivity contribution >= 4 is 49.7 Å². The van der Waals surface area contributed by atoms with E-state index in [4.69, 9.17) is 0 Å². The zero-order chi connectivity index (χ0) is 31.8. The van der Waals surface area contributed by atoms with Crippen LogP contribution in [-0.2, 0) is 0 Å². The molecule has 0 N–H and O–H groups in total. The van der Waals surface area contributed by atoms with Crippen molar-refractivity contribution in [2.75, 3.05) is 0 Å². The van der Waals surface area contributed by atoms with Gasteiger partial charge in [0, 0.05) is 44.5 Å². The van der Waals surface area contributed by atoms with Gasteiger partial charge in [0.1, 0.15) is 0 Å². The van der Waals surface area contributed by atoms with E-state index >= 15 is 0 Å². The first kappa shape index (κ1) is 27.2. The van der Waals surface area contributed by atoms with Crippen LogP contribution in [0.25, 0.3) is 60.3 Å². The van der Waals surface area contributed by atoms with Crippen molar-refractivity contribution in [3.63, 3.8) is 0 Å². The molecule has 2 heterocycles. The highest BCUT2D eigenvalue weighted by Crippen LogP contribution is 2.54. The van der Waals surface area contributed by atoms with Gasteiger partial charge in [-0.3, -0.25) is 9.59 Å². The van der Waals surface area contributed by atoms with Crippen molar-refractivity contribution in [1.82, 2.24) is 4.40 Å². The monoisotopic (exact) mass is 623 g/mol. The number of hydrogen-bond donors (Lipinski definition) is 0. The van der Waals surface area contributed by atoms with E-state index in [1.165, 1.54) is 66.0 Å². The van der Waals surface area contributed by atoms with Crippen molar-refractivity contribution in [3.8, 4) is 22.3 Å². The highest BCUT2D eigenvalue weighted by molar-refractivity contribution is 6.32. The number of nitrogens with zero attached hydrogens (tertiary/aromatic N) is 1. The van der Waals surface area contributed by atoms with Crippen molar-refractivity contribution in [1.29, 1.82) is 0 Å². The summed E-state index contributed by atoms with van der Waals surface area (Å²) in [5.74, 6) is 1.83. The minimum Gasteiger partial charge on any atom is -0.308 e. The third kappa shape index (κ3) is 3.44. The summed E-state index contributed by atoms with van der Waals surface area (Å²) in [5, 5.41) is 5.02. The zero-order valence-electron chi connectivity index (χ0n) is 27.3. The van der Waals surface area contributed by atoms with Gasteiger partial charge in [0.15, 0.2) is 11.6 Å². The highest BCUT2D eigenvalue weighted by atomic mass is 16.1. The number of ketones is 2.